The van der Waals surface area contributed by atoms with Crippen molar-refractivity contribution in [2.24, 2.45) is 5.34 Å². The molecule has 0 unspecified atom stereocenters. The number of hydrogen-bond donors (Lipinski definition) is 2. The third-order valence-corrected chi connectivity index (χ3v) is 2.35. The molecule has 1 amide bonds. The Kier molecular flexibility index (Phi) is 10.6. The molecule has 10 nitrogen and oxygen atoms in total. The summed E-state index contributed by atoms with van der Waals surface area (Å²) in [6.45, 7) is 0. The Balaban J connectivity index is 0.00000135. The molecule has 2 N–H and O–H groups in total. The van der Waals surface area contributed by atoms with Crippen LogP contribution in [-0.2, 0) is 60.3 Å². The van der Waals surface area contributed by atoms with Crippen LogP contribution in [0.25, 0.3) is 0 Å². The van der Waals surface area contributed by atoms with Gasteiger partial charge in [-0.3, -0.25) is 4.79 Å². The zero-order valence-corrected chi connectivity index (χ0v) is 15.4. The Hall–Kier alpha value is -1.34. The van der Waals surface area contributed by atoms with E-state index in [-0.39, 0.29) is 14.3 Å². The number of carbonyl (C=O) groups is 1. The van der Waals surface area contributed by atoms with Gasteiger partial charge in [0.05, 0.1) is 0 Å². The van der Waals surface area contributed by atoms with E-state index in [1.807, 2.05) is 0 Å². The van der Waals surface area contributed by atoms with Crippen molar-refractivity contribution in [1.82, 2.24) is 20.8 Å². The van der Waals surface area contributed by atoms with Crippen LogP contribution < -0.4 is 10.6 Å². The number of hydroxylamine groups is 1. The van der Waals surface area contributed by atoms with Gasteiger partial charge in [-0.15, -0.1) is 4.91 Å². The molecule has 15 heteroatoms. The van der Waals surface area contributed by atoms with Gasteiger partial charge in [-0.1, -0.05) is 5.17 Å². The van der Waals surface area contributed by atoms with Crippen molar-refractivity contribution in [3.05, 3.63) is 29.2 Å². The van der Waals surface area contributed by atoms with E-state index in [2.05, 4.69) is 45.8 Å². The fraction of sp³-hybridized carbons (Fsp3) is 0. The van der Waals surface area contributed by atoms with Gasteiger partial charge in [-0.05, 0) is 4.32 Å². The quantitative estimate of drug-likeness (QED) is 0.186. The topological polar surface area (TPSA) is 120 Å². The summed E-state index contributed by atoms with van der Waals surface area (Å²) >= 11 is 16.7. The van der Waals surface area contributed by atoms with E-state index in [1.165, 1.54) is 12.4 Å². The van der Waals surface area contributed by atoms with E-state index in [4.69, 9.17) is 31.6 Å². The van der Waals surface area contributed by atoms with Crippen LogP contribution in [0.15, 0.2) is 29.6 Å². The zero-order valence-electron chi connectivity index (χ0n) is 10.2. The van der Waals surface area contributed by atoms with E-state index in [0.29, 0.717) is 10.2 Å². The molecule has 0 aromatic carbocycles. The summed E-state index contributed by atoms with van der Waals surface area (Å²) in [6, 6.07) is 0. The summed E-state index contributed by atoms with van der Waals surface area (Å²) < 4.78 is 16.3. The molecular weight excluding hydrogens is 458 g/mol. The Bertz CT molecular complexity index is 563. The van der Waals surface area contributed by atoms with Crippen LogP contribution in [0.3, 0.4) is 0 Å². The Morgan fingerprint density at radius 2 is 1.86 bits per heavy atom. The Morgan fingerprint density at radius 3 is 2.23 bits per heavy atom. The third kappa shape index (κ3) is 6.61. The molecule has 0 spiro atoms. The molecule has 0 fully saturated rings. The molecule has 118 valence electrons. The fourth-order valence-electron chi connectivity index (χ4n) is 1.01. The van der Waals surface area contributed by atoms with Gasteiger partial charge in [-0.2, -0.15) is 0 Å². The maximum atomic E-state index is 12.2. The third-order valence-electron chi connectivity index (χ3n) is 1.69. The van der Waals surface area contributed by atoms with Gasteiger partial charge in [0.15, 0.2) is 5.34 Å². The summed E-state index contributed by atoms with van der Waals surface area (Å²) in [6.07, 6.45) is 4.36. The number of rotatable bonds is 3. The second-order valence-electron chi connectivity index (χ2n) is 2.85. The number of thiocarbonyl (C=S) groups is 2. The van der Waals surface area contributed by atoms with Crippen LogP contribution in [0.1, 0.15) is 0 Å². The predicted octanol–water partition coefficient (Wildman–Crippen LogP) is -0.426. The van der Waals surface area contributed by atoms with Crippen molar-refractivity contribution in [1.29, 1.82) is 0 Å². The number of hydrogen-bond acceptors (Lipinski definition) is 12. The Labute approximate surface area is 154 Å². The van der Waals surface area contributed by atoms with Crippen molar-refractivity contribution in [3.8, 4) is 0 Å². The molecule has 22 heavy (non-hydrogen) atoms. The SMILES string of the molecule is O=NON(C(=S)[S-])N(C(=O)C1=CNC=CN1)C(=S)[S-].[O]=[Mo+2]=[O]. The predicted molar refractivity (Wildman–Crippen MR) is 80.4 cm³/mol. The van der Waals surface area contributed by atoms with Crippen molar-refractivity contribution in [2.75, 3.05) is 0 Å². The molecule has 1 heterocycles. The zero-order chi connectivity index (χ0) is 17.1. The number of nitrogens with one attached hydrogen (secondary N) is 2. The molecule has 0 aromatic rings. The fourth-order valence-corrected chi connectivity index (χ4v) is 1.56. The second kappa shape index (κ2) is 11.3. The standard InChI is InChI=1S/C7H7N5O3S4.Mo.2O/c13-5(4-3-8-1-2-9-4)11(6(16)17)12(7(18)19)15-10-14;;;/h1-3,8-9H,(H,16,17)(H,18,19);;;/q;+2;;/p-2. The monoisotopic (exact) mass is 465 g/mol. The van der Waals surface area contributed by atoms with Gasteiger partial charge < -0.3 is 60.3 Å². The first-order valence-corrected chi connectivity index (χ1v) is 8.03. The summed E-state index contributed by atoms with van der Waals surface area (Å²) in [4.78, 5) is 26.6. The molecule has 0 aromatic heterocycles. The van der Waals surface area contributed by atoms with Crippen molar-refractivity contribution in [3.63, 3.8) is 0 Å². The van der Waals surface area contributed by atoms with Gasteiger partial charge in [0, 0.05) is 22.9 Å². The first-order chi connectivity index (χ1) is 10.4. The van der Waals surface area contributed by atoms with Crippen LogP contribution in [0.4, 0.5) is 0 Å². The minimum atomic E-state index is -2.03. The van der Waals surface area contributed by atoms with Crippen LogP contribution in [-0.4, -0.2) is 24.7 Å². The normalized spacial score (nSPS) is 11.0. The van der Waals surface area contributed by atoms with E-state index in [9.17, 15) is 9.70 Å². The number of hydrazine groups is 1. The summed E-state index contributed by atoms with van der Waals surface area (Å²) in [5.41, 5.74) is 0.0837. The molecule has 0 aliphatic carbocycles. The number of amides is 1. The summed E-state index contributed by atoms with van der Waals surface area (Å²) in [5, 5.41) is 8.54. The van der Waals surface area contributed by atoms with Gasteiger partial charge in [0.2, 0.25) is 0 Å². The molecular formula is C7H5MoN5O5S4. The number of nitrogens with zero attached hydrogens (tertiary/aromatic N) is 3. The second-order valence-corrected chi connectivity index (χ2v) is 5.25. The van der Waals surface area contributed by atoms with Crippen molar-refractivity contribution in [2.45, 2.75) is 0 Å². The minimum absolute atomic E-state index is 0.0837. The number of carbonyl (C=O) groups excluding carboxylic acids is 1. The molecule has 0 bridgehead atoms. The van der Waals surface area contributed by atoms with Gasteiger partial charge in [0.25, 0.3) is 5.91 Å². The van der Waals surface area contributed by atoms with E-state index in [0.717, 1.165) is 0 Å². The molecule has 1 aliphatic heterocycles. The van der Waals surface area contributed by atoms with Gasteiger partial charge in [-0.25, -0.2) is 9.95 Å². The van der Waals surface area contributed by atoms with E-state index in [1.54, 1.807) is 6.20 Å². The van der Waals surface area contributed by atoms with Gasteiger partial charge in [0.1, 0.15) is 5.70 Å². The first kappa shape index (κ1) is 20.7. The molecule has 0 saturated carbocycles. The van der Waals surface area contributed by atoms with Crippen LogP contribution in [0, 0.1) is 4.91 Å². The Morgan fingerprint density at radius 1 is 1.27 bits per heavy atom. The summed E-state index contributed by atoms with van der Waals surface area (Å²) in [5.74, 6) is -0.729. The molecule has 1 rings (SSSR count). The average molecular weight is 463 g/mol. The molecule has 0 atom stereocenters. The van der Waals surface area contributed by atoms with Gasteiger partial charge >= 0.3 is 25.3 Å². The van der Waals surface area contributed by atoms with Crippen LogP contribution >= 0.6 is 24.4 Å². The molecule has 0 radical (unpaired) electrons. The molecule has 0 saturated heterocycles. The maximum absolute atomic E-state index is 12.2. The van der Waals surface area contributed by atoms with Crippen LogP contribution in [0.5, 0.6) is 0 Å². The van der Waals surface area contributed by atoms with Crippen LogP contribution in [0.2, 0.25) is 0 Å². The first-order valence-electron chi connectivity index (χ1n) is 4.76. The molecule has 1 aliphatic rings. The van der Waals surface area contributed by atoms with E-state index < -0.39 is 24.4 Å². The van der Waals surface area contributed by atoms with Crippen molar-refractivity contribution < 1.29 is 35.0 Å². The summed E-state index contributed by atoms with van der Waals surface area (Å²) in [7, 11) is 0. The van der Waals surface area contributed by atoms with Crippen molar-refractivity contribution >= 4 is 64.2 Å². The van der Waals surface area contributed by atoms with E-state index >= 15 is 0 Å². The average Bonchev–Trinajstić information content (AvgIpc) is 2.47.